The highest BCUT2D eigenvalue weighted by atomic mass is 32.2. The summed E-state index contributed by atoms with van der Waals surface area (Å²) in [6.07, 6.45) is 0. The van der Waals surface area contributed by atoms with Gasteiger partial charge in [-0.25, -0.2) is 9.19 Å². The predicted octanol–water partition coefficient (Wildman–Crippen LogP) is 5.64. The first-order valence-electron chi connectivity index (χ1n) is 11.6. The van der Waals surface area contributed by atoms with Crippen LogP contribution >= 0.6 is 0 Å². The summed E-state index contributed by atoms with van der Waals surface area (Å²) >= 11 is 0. The Kier molecular flexibility index (Phi) is 3.68. The van der Waals surface area contributed by atoms with Crippen molar-refractivity contribution < 1.29 is 4.21 Å². The van der Waals surface area contributed by atoms with Crippen LogP contribution in [0.3, 0.4) is 0 Å². The van der Waals surface area contributed by atoms with Crippen molar-refractivity contribution in [1.82, 2.24) is 9.38 Å². The molecule has 0 amide bonds. The molecule has 37 heavy (non-hydrogen) atoms. The van der Waals surface area contributed by atoms with Crippen molar-refractivity contribution in [3.8, 4) is 23.3 Å². The second-order valence-corrected chi connectivity index (χ2v) is 10.5. The van der Waals surface area contributed by atoms with E-state index in [1.807, 2.05) is 48.5 Å². The fourth-order valence-corrected chi connectivity index (χ4v) is 7.39. The molecule has 3 heterocycles. The second kappa shape index (κ2) is 6.76. The Morgan fingerprint density at radius 1 is 0.811 bits per heavy atom. The van der Waals surface area contributed by atoms with Gasteiger partial charge in [-0.3, -0.25) is 9.20 Å². The first kappa shape index (κ1) is 20.1. The highest BCUT2D eigenvalue weighted by Gasteiger charge is 2.32. The van der Waals surface area contributed by atoms with Crippen LogP contribution in [-0.2, 0) is 10.8 Å². The number of fused-ring (bicyclic) bond motifs is 5. The molecule has 1 atom stereocenters. The Morgan fingerprint density at radius 3 is 2.38 bits per heavy atom. The maximum atomic E-state index is 14.2. The summed E-state index contributed by atoms with van der Waals surface area (Å²) in [5, 5.41) is 24.2. The molecule has 0 radical (unpaired) electrons. The van der Waals surface area contributed by atoms with E-state index >= 15 is 0 Å². The molecule has 1 aliphatic heterocycles. The van der Waals surface area contributed by atoms with Crippen LogP contribution in [-0.4, -0.2) is 13.6 Å². The van der Waals surface area contributed by atoms with E-state index in [2.05, 4.69) is 12.1 Å². The van der Waals surface area contributed by atoms with Gasteiger partial charge < -0.3 is 0 Å². The van der Waals surface area contributed by atoms with Crippen molar-refractivity contribution in [2.24, 2.45) is 0 Å². The van der Waals surface area contributed by atoms with Gasteiger partial charge in [0.2, 0.25) is 0 Å². The molecule has 0 N–H and O–H groups in total. The summed E-state index contributed by atoms with van der Waals surface area (Å²) in [7, 11) is -1.66. The van der Waals surface area contributed by atoms with Crippen LogP contribution in [0.5, 0.6) is 0 Å². The molecule has 0 fully saturated rings. The van der Waals surface area contributed by atoms with Gasteiger partial charge in [-0.15, -0.1) is 0 Å². The molecule has 1 unspecified atom stereocenters. The lowest BCUT2D eigenvalue weighted by atomic mass is 9.88. The van der Waals surface area contributed by atoms with Gasteiger partial charge in [0.05, 0.1) is 54.2 Å². The topological polar surface area (TPSA) is 99.0 Å². The van der Waals surface area contributed by atoms with E-state index in [4.69, 9.17) is 4.98 Å². The molecule has 5 aromatic carbocycles. The lowest BCUT2D eigenvalue weighted by Gasteiger charge is -2.24. The highest BCUT2D eigenvalue weighted by molar-refractivity contribution is 7.85. The van der Waals surface area contributed by atoms with Crippen molar-refractivity contribution in [2.75, 3.05) is 0 Å². The van der Waals surface area contributed by atoms with Crippen LogP contribution in [0.1, 0.15) is 11.1 Å². The first-order chi connectivity index (χ1) is 18.1. The molecule has 8 rings (SSSR count). The third-order valence-electron chi connectivity index (χ3n) is 7.35. The van der Waals surface area contributed by atoms with Crippen LogP contribution in [0.4, 0.5) is 0 Å². The maximum Gasteiger partial charge on any atom is 0.264 e. The molecule has 0 aliphatic carbocycles. The fourth-order valence-electron chi connectivity index (χ4n) is 5.91. The van der Waals surface area contributed by atoms with Gasteiger partial charge in [-0.2, -0.15) is 10.5 Å². The number of hydrogen-bond donors (Lipinski definition) is 0. The van der Waals surface area contributed by atoms with Crippen LogP contribution < -0.4 is 5.56 Å². The predicted molar refractivity (Wildman–Crippen MR) is 142 cm³/mol. The zero-order chi connectivity index (χ0) is 25.0. The normalized spacial score (nSPS) is 14.4. The van der Waals surface area contributed by atoms with Crippen molar-refractivity contribution >= 4 is 59.8 Å². The fraction of sp³-hybridized carbons (Fsp3) is 0. The Balaban J connectivity index is 1.76. The number of aromatic nitrogens is 2. The summed E-state index contributed by atoms with van der Waals surface area (Å²) in [6, 6.07) is 26.6. The molecule has 0 bridgehead atoms. The molecule has 170 valence electrons. The summed E-state index contributed by atoms with van der Waals surface area (Å²) in [4.78, 5) is 20.0. The lowest BCUT2D eigenvalue weighted by Crippen LogP contribution is -2.18. The Morgan fingerprint density at radius 2 is 1.57 bits per heavy atom. The van der Waals surface area contributed by atoms with Crippen molar-refractivity contribution in [2.45, 2.75) is 9.79 Å². The minimum absolute atomic E-state index is 0.169. The van der Waals surface area contributed by atoms with E-state index in [9.17, 15) is 19.5 Å². The average Bonchev–Trinajstić information content (AvgIpc) is 2.94. The molecule has 6 nitrogen and oxygen atoms in total. The van der Waals surface area contributed by atoms with Gasteiger partial charge in [-0.1, -0.05) is 42.5 Å². The minimum Gasteiger partial charge on any atom is -0.268 e. The summed E-state index contributed by atoms with van der Waals surface area (Å²) < 4.78 is 15.4. The van der Waals surface area contributed by atoms with Crippen LogP contribution in [0.2, 0.25) is 0 Å². The molecule has 2 aromatic heterocycles. The number of pyridine rings is 1. The second-order valence-electron chi connectivity index (χ2n) is 9.11. The van der Waals surface area contributed by atoms with Crippen LogP contribution in [0, 0.1) is 22.7 Å². The van der Waals surface area contributed by atoms with Gasteiger partial charge in [0, 0.05) is 32.7 Å². The third kappa shape index (κ3) is 2.30. The average molecular weight is 493 g/mol. The minimum atomic E-state index is -1.66. The van der Waals surface area contributed by atoms with E-state index in [0.29, 0.717) is 59.2 Å². The van der Waals surface area contributed by atoms with Gasteiger partial charge in [0.15, 0.2) is 0 Å². The standard InChI is InChI=1S/C30H12N4O2S/c31-13-16-11-19-26-20(12-17(14-32)28-27(26)24(16)18-7-1-2-10-23(18)37(28)36)30(35)34-22-9-4-6-15-5-3-8-21(25(15)22)33-29(19)34/h1-12H. The van der Waals surface area contributed by atoms with E-state index in [1.165, 1.54) is 0 Å². The number of benzene rings is 5. The molecule has 7 aromatic rings. The molecule has 0 spiro atoms. The van der Waals surface area contributed by atoms with E-state index in [1.54, 1.807) is 28.7 Å². The number of nitriles is 2. The van der Waals surface area contributed by atoms with Crippen molar-refractivity contribution in [1.29, 1.82) is 10.5 Å². The quantitative estimate of drug-likeness (QED) is 0.202. The van der Waals surface area contributed by atoms with Gasteiger partial charge in [-0.05, 0) is 35.7 Å². The van der Waals surface area contributed by atoms with Gasteiger partial charge >= 0.3 is 0 Å². The number of hydrogen-bond acceptors (Lipinski definition) is 5. The van der Waals surface area contributed by atoms with Crippen molar-refractivity contribution in [3.05, 3.63) is 94.3 Å². The zero-order valence-electron chi connectivity index (χ0n) is 18.9. The van der Waals surface area contributed by atoms with E-state index in [-0.39, 0.29) is 11.1 Å². The maximum absolute atomic E-state index is 14.2. The molecule has 1 aliphatic rings. The molecule has 0 saturated carbocycles. The molecular formula is C30H12N4O2S. The van der Waals surface area contributed by atoms with E-state index < -0.39 is 10.8 Å². The van der Waals surface area contributed by atoms with Gasteiger partial charge in [0.25, 0.3) is 5.56 Å². The SMILES string of the molecule is N#Cc1cc2c3c4c1-c1ccccc1S(=O)c4c(C#N)cc3c(=O)n1c3cccc4cccc(nc21)c43. The molecule has 7 heteroatoms. The molecular weight excluding hydrogens is 480 g/mol. The third-order valence-corrected chi connectivity index (χ3v) is 8.90. The summed E-state index contributed by atoms with van der Waals surface area (Å²) in [6.45, 7) is 0. The summed E-state index contributed by atoms with van der Waals surface area (Å²) in [5.74, 6) is 0. The van der Waals surface area contributed by atoms with Gasteiger partial charge in [0.1, 0.15) is 11.7 Å². The van der Waals surface area contributed by atoms with E-state index in [0.717, 1.165) is 16.3 Å². The number of rotatable bonds is 0. The Hall–Kier alpha value is -5.11. The number of nitrogens with zero attached hydrogens (tertiary/aromatic N) is 4. The monoisotopic (exact) mass is 492 g/mol. The molecule has 0 saturated heterocycles. The highest BCUT2D eigenvalue weighted by Crippen LogP contribution is 2.48. The summed E-state index contributed by atoms with van der Waals surface area (Å²) in [5.41, 5.74) is 3.38. The Labute approximate surface area is 211 Å². The Bertz CT molecular complexity index is 2370. The zero-order valence-corrected chi connectivity index (χ0v) is 19.8. The smallest absolute Gasteiger partial charge is 0.264 e. The van der Waals surface area contributed by atoms with Crippen molar-refractivity contribution in [3.63, 3.8) is 0 Å². The van der Waals surface area contributed by atoms with Crippen LogP contribution in [0.25, 0.3) is 60.1 Å². The first-order valence-corrected chi connectivity index (χ1v) is 12.7. The van der Waals surface area contributed by atoms with Crippen LogP contribution in [0.15, 0.2) is 87.4 Å². The largest absolute Gasteiger partial charge is 0.268 e. The lowest BCUT2D eigenvalue weighted by molar-refractivity contribution is 0.683.